The summed E-state index contributed by atoms with van der Waals surface area (Å²) in [6.07, 6.45) is 0.855. The van der Waals surface area contributed by atoms with Gasteiger partial charge in [0.25, 0.3) is 0 Å². The number of halogens is 2. The number of hydrogen-bond donors (Lipinski definition) is 1. The molecule has 0 saturated heterocycles. The Hall–Kier alpha value is -1.88. The minimum Gasteiger partial charge on any atom is -0.324 e. The van der Waals surface area contributed by atoms with E-state index in [1.165, 1.54) is 12.1 Å². The molecule has 0 aliphatic heterocycles. The van der Waals surface area contributed by atoms with Gasteiger partial charge in [-0.05, 0) is 49.9 Å². The molecule has 0 unspecified atom stereocenters. The van der Waals surface area contributed by atoms with Gasteiger partial charge in [-0.25, -0.2) is 4.39 Å². The van der Waals surface area contributed by atoms with Crippen LogP contribution in [0, 0.1) is 25.6 Å². The molecule has 2 rings (SSSR count). The molecule has 4 nitrogen and oxygen atoms in total. The van der Waals surface area contributed by atoms with Crippen molar-refractivity contribution in [1.29, 1.82) is 0 Å². The lowest BCUT2D eigenvalue weighted by Gasteiger charge is -2.09. The minimum absolute atomic E-state index is 0.147. The highest BCUT2D eigenvalue weighted by Gasteiger charge is 2.14. The Labute approximate surface area is 147 Å². The van der Waals surface area contributed by atoms with Crippen LogP contribution in [-0.4, -0.2) is 15.7 Å². The third kappa shape index (κ3) is 4.57. The van der Waals surface area contributed by atoms with Crippen molar-refractivity contribution in [2.45, 2.75) is 47.1 Å². The van der Waals surface area contributed by atoms with Crippen LogP contribution in [0.5, 0.6) is 0 Å². The summed E-state index contributed by atoms with van der Waals surface area (Å²) in [5.41, 5.74) is 3.26. The van der Waals surface area contributed by atoms with E-state index in [1.807, 2.05) is 18.5 Å². The summed E-state index contributed by atoms with van der Waals surface area (Å²) in [6.45, 7) is 9.12. The Morgan fingerprint density at radius 3 is 2.71 bits per heavy atom. The maximum Gasteiger partial charge on any atom is 0.224 e. The van der Waals surface area contributed by atoms with Gasteiger partial charge in [0.05, 0.1) is 11.4 Å². The van der Waals surface area contributed by atoms with Crippen molar-refractivity contribution in [3.63, 3.8) is 0 Å². The Morgan fingerprint density at radius 2 is 2.08 bits per heavy atom. The summed E-state index contributed by atoms with van der Waals surface area (Å²) in [4.78, 5) is 12.1. The van der Waals surface area contributed by atoms with E-state index in [1.54, 1.807) is 6.07 Å². The Balaban J connectivity index is 2.00. The highest BCUT2D eigenvalue weighted by atomic mass is 35.5. The molecule has 130 valence electrons. The molecular formula is C18H23ClFN3O. The topological polar surface area (TPSA) is 46.9 Å². The van der Waals surface area contributed by atoms with E-state index in [4.69, 9.17) is 11.6 Å². The number of carbonyl (C=O) groups excluding carboxylic acids is 1. The van der Waals surface area contributed by atoms with E-state index < -0.39 is 5.82 Å². The molecule has 1 N–H and O–H groups in total. The van der Waals surface area contributed by atoms with Gasteiger partial charge in [-0.3, -0.25) is 9.48 Å². The van der Waals surface area contributed by atoms with Crippen LogP contribution in [0.1, 0.15) is 37.2 Å². The molecule has 0 aliphatic rings. The van der Waals surface area contributed by atoms with Crippen LogP contribution >= 0.6 is 11.6 Å². The van der Waals surface area contributed by atoms with Crippen LogP contribution in [0.4, 0.5) is 10.1 Å². The van der Waals surface area contributed by atoms with Crippen molar-refractivity contribution < 1.29 is 9.18 Å². The largest absolute Gasteiger partial charge is 0.324 e. The SMILES string of the molecule is Cc1nn(CC(C)C)c(C)c1CCC(=O)Nc1ccc(Cl)cc1F. The molecule has 2 aromatic rings. The molecular weight excluding hydrogens is 329 g/mol. The van der Waals surface area contributed by atoms with Gasteiger partial charge in [0.2, 0.25) is 5.91 Å². The van der Waals surface area contributed by atoms with E-state index in [2.05, 4.69) is 24.3 Å². The molecule has 0 spiro atoms. The van der Waals surface area contributed by atoms with E-state index in [9.17, 15) is 9.18 Å². The van der Waals surface area contributed by atoms with Gasteiger partial charge in [-0.2, -0.15) is 5.10 Å². The number of hydrogen-bond acceptors (Lipinski definition) is 2. The molecule has 0 saturated carbocycles. The zero-order valence-electron chi connectivity index (χ0n) is 14.5. The third-order valence-electron chi connectivity index (χ3n) is 3.88. The molecule has 1 amide bonds. The summed E-state index contributed by atoms with van der Waals surface area (Å²) in [7, 11) is 0. The van der Waals surface area contributed by atoms with Crippen LogP contribution < -0.4 is 5.32 Å². The molecule has 24 heavy (non-hydrogen) atoms. The van der Waals surface area contributed by atoms with Crippen LogP contribution in [0.15, 0.2) is 18.2 Å². The maximum absolute atomic E-state index is 13.7. The van der Waals surface area contributed by atoms with Gasteiger partial charge in [0, 0.05) is 23.7 Å². The van der Waals surface area contributed by atoms with Crippen LogP contribution in [0.3, 0.4) is 0 Å². The number of benzene rings is 1. The molecule has 0 fully saturated rings. The first kappa shape index (κ1) is 18.5. The minimum atomic E-state index is -0.534. The number of aryl methyl sites for hydroxylation is 1. The summed E-state index contributed by atoms with van der Waals surface area (Å²) in [5.74, 6) is -0.258. The average Bonchev–Trinajstić information content (AvgIpc) is 2.74. The van der Waals surface area contributed by atoms with Crippen LogP contribution in [0.2, 0.25) is 5.02 Å². The number of rotatable bonds is 6. The first-order valence-corrected chi connectivity index (χ1v) is 8.43. The molecule has 0 radical (unpaired) electrons. The first-order valence-electron chi connectivity index (χ1n) is 8.05. The zero-order valence-corrected chi connectivity index (χ0v) is 15.2. The lowest BCUT2D eigenvalue weighted by atomic mass is 10.1. The Kier molecular flexibility index (Phi) is 5.99. The summed E-state index contributed by atoms with van der Waals surface area (Å²) < 4.78 is 15.7. The second kappa shape index (κ2) is 7.79. The number of amides is 1. The fourth-order valence-corrected chi connectivity index (χ4v) is 2.82. The number of aromatic nitrogens is 2. The second-order valence-electron chi connectivity index (χ2n) is 6.40. The predicted octanol–water partition coefficient (Wildman–Crippen LogP) is 4.52. The van der Waals surface area contributed by atoms with Crippen molar-refractivity contribution in [3.8, 4) is 0 Å². The predicted molar refractivity (Wildman–Crippen MR) is 94.9 cm³/mol. The average molecular weight is 352 g/mol. The maximum atomic E-state index is 13.7. The molecule has 0 aliphatic carbocycles. The molecule has 1 aromatic heterocycles. The van der Waals surface area contributed by atoms with Crippen molar-refractivity contribution in [1.82, 2.24) is 9.78 Å². The third-order valence-corrected chi connectivity index (χ3v) is 4.11. The quantitative estimate of drug-likeness (QED) is 0.831. The van der Waals surface area contributed by atoms with Crippen molar-refractivity contribution >= 4 is 23.2 Å². The van der Waals surface area contributed by atoms with Crippen molar-refractivity contribution in [3.05, 3.63) is 46.0 Å². The number of carbonyl (C=O) groups is 1. The highest BCUT2D eigenvalue weighted by molar-refractivity contribution is 6.30. The standard InChI is InChI=1S/C18H23ClFN3O/c1-11(2)10-23-13(4)15(12(3)22-23)6-8-18(24)21-17-7-5-14(19)9-16(17)20/h5,7,9,11H,6,8,10H2,1-4H3,(H,21,24). The van der Waals surface area contributed by atoms with E-state index in [0.717, 1.165) is 23.5 Å². The smallest absolute Gasteiger partial charge is 0.224 e. The molecule has 0 atom stereocenters. The normalized spacial score (nSPS) is 11.1. The van der Waals surface area contributed by atoms with E-state index in [0.29, 0.717) is 17.4 Å². The lowest BCUT2D eigenvalue weighted by molar-refractivity contribution is -0.116. The summed E-state index contributed by atoms with van der Waals surface area (Å²) >= 11 is 5.71. The fourth-order valence-electron chi connectivity index (χ4n) is 2.66. The van der Waals surface area contributed by atoms with Crippen molar-refractivity contribution in [2.24, 2.45) is 5.92 Å². The number of nitrogens with one attached hydrogen (secondary N) is 1. The van der Waals surface area contributed by atoms with Gasteiger partial charge < -0.3 is 5.32 Å². The van der Waals surface area contributed by atoms with Crippen LogP contribution in [-0.2, 0) is 17.8 Å². The van der Waals surface area contributed by atoms with E-state index in [-0.39, 0.29) is 18.0 Å². The van der Waals surface area contributed by atoms with E-state index >= 15 is 0 Å². The Bertz CT molecular complexity index is 740. The summed E-state index contributed by atoms with van der Waals surface area (Å²) in [6, 6.07) is 4.19. The van der Waals surface area contributed by atoms with Gasteiger partial charge in [0.15, 0.2) is 0 Å². The second-order valence-corrected chi connectivity index (χ2v) is 6.83. The van der Waals surface area contributed by atoms with Crippen molar-refractivity contribution in [2.75, 3.05) is 5.32 Å². The first-order chi connectivity index (χ1) is 11.3. The number of nitrogens with zero attached hydrogens (tertiary/aromatic N) is 2. The Morgan fingerprint density at radius 1 is 1.38 bits per heavy atom. The fraction of sp³-hybridized carbons (Fsp3) is 0.444. The van der Waals surface area contributed by atoms with Crippen LogP contribution in [0.25, 0.3) is 0 Å². The molecule has 6 heteroatoms. The molecule has 1 heterocycles. The van der Waals surface area contributed by atoms with Gasteiger partial charge in [0.1, 0.15) is 5.82 Å². The van der Waals surface area contributed by atoms with Gasteiger partial charge >= 0.3 is 0 Å². The molecule has 0 bridgehead atoms. The monoisotopic (exact) mass is 351 g/mol. The van der Waals surface area contributed by atoms with Gasteiger partial charge in [-0.15, -0.1) is 0 Å². The number of anilines is 1. The lowest BCUT2D eigenvalue weighted by Crippen LogP contribution is -2.14. The summed E-state index contributed by atoms with van der Waals surface area (Å²) in [5, 5.41) is 7.43. The highest BCUT2D eigenvalue weighted by Crippen LogP contribution is 2.20. The molecule has 1 aromatic carbocycles. The zero-order chi connectivity index (χ0) is 17.9. The van der Waals surface area contributed by atoms with Gasteiger partial charge in [-0.1, -0.05) is 25.4 Å².